The van der Waals surface area contributed by atoms with Crippen LogP contribution in [-0.4, -0.2) is 106 Å². The molecule has 27 heteroatoms. The molecule has 3 N–H and O–H groups in total. The molecule has 4 aromatic rings. The van der Waals surface area contributed by atoms with Gasteiger partial charge in [-0.2, -0.15) is 0 Å². The van der Waals surface area contributed by atoms with Crippen molar-refractivity contribution in [2.45, 2.75) is 62.8 Å². The number of phenolic OH excluding ortho intramolecular Hbond substituents is 2. The third kappa shape index (κ3) is 25.0. The molecule has 27 nitrogen and oxygen atoms in total. The normalized spacial score (nSPS) is 9.11. The highest BCUT2D eigenvalue weighted by molar-refractivity contribution is 6.00. The smallest absolute Gasteiger partial charge is 0.310 e. The average molecular weight is 1020 g/mol. The van der Waals surface area contributed by atoms with Crippen molar-refractivity contribution < 1.29 is 102 Å². The molecule has 4 aromatic carbocycles. The lowest BCUT2D eigenvalue weighted by Gasteiger charge is -2.09. The largest absolute Gasteiger partial charge is 0.504 e. The van der Waals surface area contributed by atoms with Gasteiger partial charge in [-0.1, -0.05) is 7.43 Å². The van der Waals surface area contributed by atoms with Gasteiger partial charge in [0.05, 0.1) is 61.5 Å². The first-order chi connectivity index (χ1) is 32.9. The highest BCUT2D eigenvalue weighted by Gasteiger charge is 2.24. The van der Waals surface area contributed by atoms with E-state index in [-0.39, 0.29) is 58.9 Å². The van der Waals surface area contributed by atoms with Crippen LogP contribution >= 0.6 is 0 Å². The third-order valence-electron chi connectivity index (χ3n) is 7.68. The van der Waals surface area contributed by atoms with E-state index in [2.05, 4.69) is 4.74 Å². The van der Waals surface area contributed by atoms with Gasteiger partial charge in [-0.15, -0.1) is 10.1 Å². The summed E-state index contributed by atoms with van der Waals surface area (Å²) < 4.78 is 33.2. The second-order valence-corrected chi connectivity index (χ2v) is 13.1. The van der Waals surface area contributed by atoms with Crippen molar-refractivity contribution in [2.75, 3.05) is 28.4 Å². The van der Waals surface area contributed by atoms with Crippen LogP contribution in [0.1, 0.15) is 104 Å². The van der Waals surface area contributed by atoms with E-state index in [4.69, 9.17) is 43.7 Å². The number of carbonyl (C=O) groups is 8. The molecule has 0 spiro atoms. The molecule has 392 valence electrons. The van der Waals surface area contributed by atoms with Crippen LogP contribution < -0.4 is 28.4 Å². The SMILES string of the molecule is C.CC(=O)OC(C)=O.COc1cc(C(C)=O)c([N+](=O)[O-])cc1O.COc1cc(C(C)=O)c([N+](=O)[O-])cc1OC(C)=O.COc1cc(C(C)=O)ccc1O.COc1cc(C(C)=O)ccc1OC(C)=O.O=[N+]([O-])O. The fourth-order valence-electron chi connectivity index (χ4n) is 4.76. The maximum absolute atomic E-state index is 11.3. The van der Waals surface area contributed by atoms with E-state index in [0.29, 0.717) is 28.4 Å². The van der Waals surface area contributed by atoms with Crippen LogP contribution in [0.2, 0.25) is 0 Å². The van der Waals surface area contributed by atoms with Crippen LogP contribution in [0.3, 0.4) is 0 Å². The highest BCUT2D eigenvalue weighted by atomic mass is 16.9. The van der Waals surface area contributed by atoms with Gasteiger partial charge in [-0.25, -0.2) is 0 Å². The molecule has 0 saturated heterocycles. The second-order valence-electron chi connectivity index (χ2n) is 13.1. The lowest BCUT2D eigenvalue weighted by atomic mass is 10.1. The van der Waals surface area contributed by atoms with Crippen LogP contribution in [0.5, 0.6) is 46.0 Å². The highest BCUT2D eigenvalue weighted by Crippen LogP contribution is 2.36. The molecule has 0 fully saturated rings. The minimum absolute atomic E-state index is 0. The number of hydrogen-bond acceptors (Lipinski definition) is 23. The summed E-state index contributed by atoms with van der Waals surface area (Å²) in [4.78, 5) is 114. The fourth-order valence-corrected chi connectivity index (χ4v) is 4.76. The number of ether oxygens (including phenoxy) is 7. The number of nitrogens with zero attached hydrogens (tertiary/aromatic N) is 3. The maximum Gasteiger partial charge on any atom is 0.310 e. The number of phenols is 2. The number of rotatable bonds is 12. The molecule has 0 aliphatic rings. The number of nitro benzene ring substituents is 2. The van der Waals surface area contributed by atoms with E-state index in [9.17, 15) is 68.8 Å². The van der Waals surface area contributed by atoms with E-state index in [0.717, 1.165) is 25.1 Å². The van der Waals surface area contributed by atoms with Gasteiger partial charge >= 0.3 is 23.9 Å². The van der Waals surface area contributed by atoms with E-state index in [1.807, 2.05) is 0 Å². The van der Waals surface area contributed by atoms with Crippen LogP contribution in [0.15, 0.2) is 60.7 Å². The predicted octanol–water partition coefficient (Wildman–Crippen LogP) is 7.05. The Morgan fingerprint density at radius 3 is 1.10 bits per heavy atom. The summed E-state index contributed by atoms with van der Waals surface area (Å²) in [5.41, 5.74) is -0.00449. The van der Waals surface area contributed by atoms with Gasteiger partial charge in [0.2, 0.25) is 0 Å². The Hall–Kier alpha value is -9.56. The fraction of sp³-hybridized carbons (Fsp3) is 0.289. The lowest BCUT2D eigenvalue weighted by Crippen LogP contribution is -2.06. The number of aromatic hydroxyl groups is 2. The van der Waals surface area contributed by atoms with Crippen LogP contribution in [-0.2, 0) is 23.9 Å². The summed E-state index contributed by atoms with van der Waals surface area (Å²) in [6, 6.07) is 13.4. The van der Waals surface area contributed by atoms with Gasteiger partial charge < -0.3 is 48.6 Å². The Morgan fingerprint density at radius 1 is 0.431 bits per heavy atom. The number of Topliss-reactive ketones (excluding diaryl/α,β-unsaturated/α-hetero) is 4. The van der Waals surface area contributed by atoms with Gasteiger partial charge in [-0.05, 0) is 64.1 Å². The summed E-state index contributed by atoms with van der Waals surface area (Å²) >= 11 is 0. The maximum atomic E-state index is 11.3. The number of esters is 4. The number of benzene rings is 4. The van der Waals surface area contributed by atoms with E-state index in [1.54, 1.807) is 18.2 Å². The number of ketones is 4. The molecule has 0 aliphatic heterocycles. The van der Waals surface area contributed by atoms with Crippen LogP contribution in [0.25, 0.3) is 0 Å². The number of methoxy groups -OCH3 is 4. The van der Waals surface area contributed by atoms with Gasteiger partial charge in [0.1, 0.15) is 0 Å². The molecule has 0 saturated carbocycles. The molecule has 0 aliphatic carbocycles. The first-order valence-electron chi connectivity index (χ1n) is 19.3. The summed E-state index contributed by atoms with van der Waals surface area (Å²) in [5, 5.41) is 53.5. The topological polar surface area (TPSA) is 391 Å². The van der Waals surface area contributed by atoms with Crippen molar-refractivity contribution >= 4 is 58.4 Å². The molecule has 72 heavy (non-hydrogen) atoms. The molecule has 0 atom stereocenters. The second kappa shape index (κ2) is 33.0. The first-order valence-corrected chi connectivity index (χ1v) is 19.3. The predicted molar refractivity (Wildman–Crippen MR) is 249 cm³/mol. The molecule has 4 rings (SSSR count). The Kier molecular flexibility index (Phi) is 30.6. The molecule has 0 amide bonds. The van der Waals surface area contributed by atoms with E-state index in [1.165, 1.54) is 101 Å². The Bertz CT molecular complexity index is 2610. The van der Waals surface area contributed by atoms with Crippen molar-refractivity contribution in [3.63, 3.8) is 0 Å². The molecular formula is C45H53N3O24. The van der Waals surface area contributed by atoms with Crippen molar-refractivity contribution in [1.29, 1.82) is 0 Å². The van der Waals surface area contributed by atoms with Gasteiger partial charge in [0, 0.05) is 51.0 Å². The minimum atomic E-state index is -1.50. The monoisotopic (exact) mass is 1020 g/mol. The zero-order valence-electron chi connectivity index (χ0n) is 40.0. The molecule has 0 heterocycles. The molecule has 0 bridgehead atoms. The van der Waals surface area contributed by atoms with Gasteiger partial charge in [0.25, 0.3) is 16.5 Å². The quantitative estimate of drug-likeness (QED) is 0.0319. The van der Waals surface area contributed by atoms with Gasteiger partial charge in [-0.3, -0.25) is 58.6 Å². The standard InChI is InChI=1S/C11H11NO6.C11H12O4.C9H9NO5.C9H10O3.C4H6O3.CH4.HNO3/c1-6(13)8-4-10(17-3)11(18-7(2)14)5-9(8)12(15)16;1-7(12)9-4-5-10(15-8(2)13)11(6-9)14-3;1-5(11)6-3-9(15-2)8(12)4-7(6)10(13)14;1-6(10)7-3-4-8(11)9(5-7)12-2;1-3(5)7-4(2)6;;2-1(3)4/h4-5H,1-3H3;4-6H,1-3H3;3-4,12H,1-2H3;3-5,11H,1-2H3;1-2H3;1H4;(H,2,3,4). The molecule has 0 unspecified atom stereocenters. The summed E-state index contributed by atoms with van der Waals surface area (Å²) in [6.07, 6.45) is 0. The van der Waals surface area contributed by atoms with Crippen molar-refractivity contribution in [1.82, 2.24) is 0 Å². The van der Waals surface area contributed by atoms with E-state index >= 15 is 0 Å². The summed E-state index contributed by atoms with van der Waals surface area (Å²) in [7, 11) is 5.49. The first kappa shape index (κ1) is 66.7. The number of carbonyl (C=O) groups excluding carboxylic acids is 8. The lowest BCUT2D eigenvalue weighted by molar-refractivity contribution is -0.742. The number of nitro groups is 2. The minimum Gasteiger partial charge on any atom is -0.504 e. The zero-order valence-corrected chi connectivity index (χ0v) is 40.0. The zero-order chi connectivity index (χ0) is 55.5. The van der Waals surface area contributed by atoms with Crippen LogP contribution in [0, 0.1) is 30.3 Å². The Balaban J connectivity index is -0.000000825. The molecule has 0 radical (unpaired) electrons. The summed E-state index contributed by atoms with van der Waals surface area (Å²) in [5.74, 6) is -2.53. The number of hydrogen-bond donors (Lipinski definition) is 3. The summed E-state index contributed by atoms with van der Waals surface area (Å²) in [6.45, 7) is 10.2. The van der Waals surface area contributed by atoms with Crippen molar-refractivity contribution in [3.8, 4) is 46.0 Å². The molecular weight excluding hydrogens is 966 g/mol. The third-order valence-corrected chi connectivity index (χ3v) is 7.68. The Labute approximate surface area is 410 Å². The molecule has 0 aromatic heterocycles. The van der Waals surface area contributed by atoms with Gasteiger partial charge in [0.15, 0.2) is 69.1 Å². The average Bonchev–Trinajstić information content (AvgIpc) is 3.25. The van der Waals surface area contributed by atoms with Crippen molar-refractivity contribution in [2.24, 2.45) is 0 Å². The Morgan fingerprint density at radius 2 is 0.764 bits per heavy atom. The van der Waals surface area contributed by atoms with Crippen LogP contribution in [0.4, 0.5) is 11.4 Å². The van der Waals surface area contributed by atoms with E-state index < -0.39 is 61.8 Å². The van der Waals surface area contributed by atoms with Crippen molar-refractivity contribution in [3.05, 3.63) is 113 Å².